The highest BCUT2D eigenvalue weighted by Crippen LogP contribution is 2.28. The molecule has 3 rings (SSSR count). The van der Waals surface area contributed by atoms with Crippen LogP contribution in [0.5, 0.6) is 0 Å². The molecule has 0 aromatic heterocycles. The first-order chi connectivity index (χ1) is 14.2. The zero-order valence-corrected chi connectivity index (χ0v) is 17.4. The van der Waals surface area contributed by atoms with Crippen molar-refractivity contribution in [3.05, 3.63) is 64.2 Å². The van der Waals surface area contributed by atoms with E-state index in [-0.39, 0.29) is 17.5 Å². The summed E-state index contributed by atoms with van der Waals surface area (Å²) < 4.78 is 0. The molecule has 1 N–H and O–H groups in total. The summed E-state index contributed by atoms with van der Waals surface area (Å²) in [6.45, 7) is 8.36. The maximum absolute atomic E-state index is 12.6. The molecule has 0 saturated carbocycles. The fraction of sp³-hybridized carbons (Fsp3) is 0.364. The second-order valence-electron chi connectivity index (χ2n) is 8.30. The molecule has 0 radical (unpaired) electrons. The molecule has 0 unspecified atom stereocenters. The number of anilines is 2. The van der Waals surface area contributed by atoms with Gasteiger partial charge >= 0.3 is 0 Å². The Morgan fingerprint density at radius 2 is 1.57 bits per heavy atom. The summed E-state index contributed by atoms with van der Waals surface area (Å²) in [5.74, 6) is -0.194. The Bertz CT molecular complexity index is 942. The van der Waals surface area contributed by atoms with Gasteiger partial charge in [0.2, 0.25) is 5.91 Å². The van der Waals surface area contributed by atoms with Crippen molar-refractivity contribution in [1.82, 2.24) is 4.90 Å². The van der Waals surface area contributed by atoms with Gasteiger partial charge < -0.3 is 15.1 Å². The van der Waals surface area contributed by atoms with Gasteiger partial charge in [0.15, 0.2) is 0 Å². The van der Waals surface area contributed by atoms with Gasteiger partial charge in [-0.15, -0.1) is 0 Å². The lowest BCUT2D eigenvalue weighted by molar-refractivity contribution is -0.384. The molecule has 1 heterocycles. The Kier molecular flexibility index (Phi) is 6.05. The highest BCUT2D eigenvalue weighted by atomic mass is 16.6. The summed E-state index contributed by atoms with van der Waals surface area (Å²) in [4.78, 5) is 39.5. The zero-order chi connectivity index (χ0) is 21.9. The average Bonchev–Trinajstić information content (AvgIpc) is 2.73. The Labute approximate surface area is 175 Å². The molecule has 30 heavy (non-hydrogen) atoms. The number of carbonyl (C=O) groups is 2. The number of amides is 2. The molecule has 0 bridgehead atoms. The molecule has 0 atom stereocenters. The number of nitro benzene ring substituents is 1. The molecule has 158 valence electrons. The smallest absolute Gasteiger partial charge is 0.269 e. The third kappa shape index (κ3) is 4.76. The Hall–Kier alpha value is -3.42. The van der Waals surface area contributed by atoms with Crippen molar-refractivity contribution in [2.24, 2.45) is 5.41 Å². The summed E-state index contributed by atoms with van der Waals surface area (Å²) in [5, 5.41) is 13.7. The first-order valence-electron chi connectivity index (χ1n) is 9.86. The Morgan fingerprint density at radius 1 is 0.967 bits per heavy atom. The van der Waals surface area contributed by atoms with E-state index in [1.165, 1.54) is 24.3 Å². The topological polar surface area (TPSA) is 95.8 Å². The number of hydrogen-bond acceptors (Lipinski definition) is 5. The largest absolute Gasteiger partial charge is 0.366 e. The fourth-order valence-corrected chi connectivity index (χ4v) is 3.41. The summed E-state index contributed by atoms with van der Waals surface area (Å²) in [5.41, 5.74) is 1.43. The number of hydrogen-bond donors (Lipinski definition) is 1. The average molecular weight is 410 g/mol. The fourth-order valence-electron chi connectivity index (χ4n) is 3.41. The van der Waals surface area contributed by atoms with Crippen LogP contribution in [-0.4, -0.2) is 47.8 Å². The van der Waals surface area contributed by atoms with Crippen LogP contribution in [-0.2, 0) is 4.79 Å². The highest BCUT2D eigenvalue weighted by molar-refractivity contribution is 6.06. The monoisotopic (exact) mass is 410 g/mol. The zero-order valence-electron chi connectivity index (χ0n) is 17.4. The van der Waals surface area contributed by atoms with Gasteiger partial charge in [0, 0.05) is 49.3 Å². The van der Waals surface area contributed by atoms with Gasteiger partial charge in [-0.3, -0.25) is 19.7 Å². The van der Waals surface area contributed by atoms with Gasteiger partial charge in [-0.1, -0.05) is 32.9 Å². The molecular formula is C22H26N4O4. The van der Waals surface area contributed by atoms with E-state index in [0.717, 1.165) is 5.69 Å². The number of benzene rings is 2. The second kappa shape index (κ2) is 8.52. The summed E-state index contributed by atoms with van der Waals surface area (Å²) in [6.07, 6.45) is 0. The third-order valence-electron chi connectivity index (χ3n) is 5.04. The van der Waals surface area contributed by atoms with Crippen molar-refractivity contribution in [2.75, 3.05) is 36.4 Å². The van der Waals surface area contributed by atoms with Crippen LogP contribution < -0.4 is 10.2 Å². The number of piperazine rings is 1. The standard InChI is InChI=1S/C22H26N4O4/c1-22(2,3)21(28)25-14-12-24(13-15-25)19-7-5-4-6-18(19)23-20(27)16-8-10-17(11-9-16)26(29)30/h4-11H,12-15H2,1-3H3,(H,23,27). The maximum atomic E-state index is 12.6. The van der Waals surface area contributed by atoms with E-state index in [4.69, 9.17) is 0 Å². The molecule has 2 aromatic rings. The van der Waals surface area contributed by atoms with Gasteiger partial charge in [-0.2, -0.15) is 0 Å². The molecule has 8 heteroatoms. The Morgan fingerprint density at radius 3 is 2.13 bits per heavy atom. The van der Waals surface area contributed by atoms with E-state index in [1.807, 2.05) is 49.9 Å². The number of rotatable bonds is 4. The van der Waals surface area contributed by atoms with Crippen LogP contribution in [0.25, 0.3) is 0 Å². The maximum Gasteiger partial charge on any atom is 0.269 e. The molecule has 8 nitrogen and oxygen atoms in total. The lowest BCUT2D eigenvalue weighted by Crippen LogP contribution is -2.51. The van der Waals surface area contributed by atoms with Crippen LogP contribution in [0.2, 0.25) is 0 Å². The van der Waals surface area contributed by atoms with Gasteiger partial charge in [0.1, 0.15) is 0 Å². The number of non-ortho nitro benzene ring substituents is 1. The molecule has 1 saturated heterocycles. The molecule has 0 aliphatic carbocycles. The predicted octanol–water partition coefficient (Wildman–Crippen LogP) is 3.54. The minimum absolute atomic E-state index is 0.0605. The van der Waals surface area contributed by atoms with E-state index in [0.29, 0.717) is 37.4 Å². The van der Waals surface area contributed by atoms with Crippen molar-refractivity contribution in [3.8, 4) is 0 Å². The predicted molar refractivity (Wildman–Crippen MR) is 116 cm³/mol. The second-order valence-corrected chi connectivity index (χ2v) is 8.30. The van der Waals surface area contributed by atoms with Gasteiger partial charge in [0.25, 0.3) is 11.6 Å². The minimum Gasteiger partial charge on any atom is -0.366 e. The lowest BCUT2D eigenvalue weighted by Gasteiger charge is -2.39. The van der Waals surface area contributed by atoms with Crippen LogP contribution in [0, 0.1) is 15.5 Å². The van der Waals surface area contributed by atoms with Crippen LogP contribution in [0.3, 0.4) is 0 Å². The van der Waals surface area contributed by atoms with Crippen LogP contribution in [0.1, 0.15) is 31.1 Å². The van der Waals surface area contributed by atoms with Gasteiger partial charge in [0.05, 0.1) is 16.3 Å². The van der Waals surface area contributed by atoms with Crippen LogP contribution >= 0.6 is 0 Å². The summed E-state index contributed by atoms with van der Waals surface area (Å²) in [6, 6.07) is 13.0. The van der Waals surface area contributed by atoms with Crippen molar-refractivity contribution in [2.45, 2.75) is 20.8 Å². The van der Waals surface area contributed by atoms with Crippen molar-refractivity contribution >= 4 is 28.9 Å². The number of nitro groups is 1. The third-order valence-corrected chi connectivity index (χ3v) is 5.04. The van der Waals surface area contributed by atoms with Crippen molar-refractivity contribution in [3.63, 3.8) is 0 Å². The van der Waals surface area contributed by atoms with E-state index in [9.17, 15) is 19.7 Å². The molecule has 1 aliphatic heterocycles. The number of nitrogens with zero attached hydrogens (tertiary/aromatic N) is 3. The quantitative estimate of drug-likeness (QED) is 0.614. The van der Waals surface area contributed by atoms with Crippen molar-refractivity contribution < 1.29 is 14.5 Å². The van der Waals surface area contributed by atoms with Gasteiger partial charge in [-0.25, -0.2) is 0 Å². The molecule has 2 aromatic carbocycles. The molecule has 2 amide bonds. The van der Waals surface area contributed by atoms with E-state index in [1.54, 1.807) is 0 Å². The van der Waals surface area contributed by atoms with E-state index < -0.39 is 10.3 Å². The molecule has 1 aliphatic rings. The number of para-hydroxylation sites is 2. The lowest BCUT2D eigenvalue weighted by atomic mass is 9.94. The SMILES string of the molecule is CC(C)(C)C(=O)N1CCN(c2ccccc2NC(=O)c2ccc([N+](=O)[O-])cc2)CC1. The number of carbonyl (C=O) groups excluding carboxylic acids is 2. The molecule has 1 fully saturated rings. The van der Waals surface area contributed by atoms with E-state index >= 15 is 0 Å². The first kappa shape index (κ1) is 21.3. The van der Waals surface area contributed by atoms with Crippen LogP contribution in [0.15, 0.2) is 48.5 Å². The molecule has 0 spiro atoms. The number of nitrogens with one attached hydrogen (secondary N) is 1. The van der Waals surface area contributed by atoms with E-state index in [2.05, 4.69) is 10.2 Å². The Balaban J connectivity index is 1.70. The normalized spacial score (nSPS) is 14.4. The summed E-state index contributed by atoms with van der Waals surface area (Å²) >= 11 is 0. The van der Waals surface area contributed by atoms with Crippen LogP contribution in [0.4, 0.5) is 17.1 Å². The minimum atomic E-state index is -0.499. The molecular weight excluding hydrogens is 384 g/mol. The first-order valence-corrected chi connectivity index (χ1v) is 9.86. The van der Waals surface area contributed by atoms with Gasteiger partial charge in [-0.05, 0) is 24.3 Å². The van der Waals surface area contributed by atoms with Crippen molar-refractivity contribution in [1.29, 1.82) is 0 Å². The highest BCUT2D eigenvalue weighted by Gasteiger charge is 2.30. The summed E-state index contributed by atoms with van der Waals surface area (Å²) in [7, 11) is 0.